The van der Waals surface area contributed by atoms with Crippen molar-refractivity contribution in [3.8, 4) is 5.75 Å². The second-order valence-corrected chi connectivity index (χ2v) is 5.20. The van der Waals surface area contributed by atoms with E-state index in [1.807, 2.05) is 24.4 Å². The predicted octanol–water partition coefficient (Wildman–Crippen LogP) is 1.78. The minimum Gasteiger partial charge on any atom is -0.496 e. The first-order valence-electron chi connectivity index (χ1n) is 6.06. The van der Waals surface area contributed by atoms with Crippen LogP contribution in [-0.2, 0) is 0 Å². The molecule has 4 nitrogen and oxygen atoms in total. The largest absolute Gasteiger partial charge is 0.496 e. The van der Waals surface area contributed by atoms with Crippen LogP contribution >= 0.6 is 0 Å². The van der Waals surface area contributed by atoms with Crippen LogP contribution in [0.5, 0.6) is 5.75 Å². The van der Waals surface area contributed by atoms with Crippen molar-refractivity contribution >= 4 is 16.6 Å². The first-order chi connectivity index (χ1) is 8.61. The number of anilines is 1. The third-order valence-electron chi connectivity index (χ3n) is 3.37. The van der Waals surface area contributed by atoms with Crippen LogP contribution in [0.4, 0.5) is 5.82 Å². The summed E-state index contributed by atoms with van der Waals surface area (Å²) in [5.41, 5.74) is 5.96. The Balaban J connectivity index is 2.08. The number of hydrogen-bond donors (Lipinski definition) is 1. The van der Waals surface area contributed by atoms with E-state index >= 15 is 0 Å². The minimum atomic E-state index is -0.0945. The number of ether oxygens (including phenoxy) is 1. The van der Waals surface area contributed by atoms with Crippen LogP contribution in [0.25, 0.3) is 10.8 Å². The van der Waals surface area contributed by atoms with Crippen LogP contribution < -0.4 is 15.4 Å². The lowest BCUT2D eigenvalue weighted by atomic mass is 9.93. The Bertz CT molecular complexity index is 587. The molecule has 0 radical (unpaired) electrons. The Morgan fingerprint density at radius 2 is 2.06 bits per heavy atom. The Kier molecular flexibility index (Phi) is 2.41. The van der Waals surface area contributed by atoms with E-state index in [9.17, 15) is 0 Å². The van der Waals surface area contributed by atoms with Gasteiger partial charge in [-0.15, -0.1) is 0 Å². The Labute approximate surface area is 106 Å². The molecule has 1 aromatic heterocycles. The highest BCUT2D eigenvalue weighted by Crippen LogP contribution is 2.34. The van der Waals surface area contributed by atoms with E-state index in [4.69, 9.17) is 10.5 Å². The molecule has 0 saturated carbocycles. The lowest BCUT2D eigenvalue weighted by Crippen LogP contribution is -2.65. The summed E-state index contributed by atoms with van der Waals surface area (Å²) in [4.78, 5) is 6.69. The highest BCUT2D eigenvalue weighted by Gasteiger charge is 2.36. The third kappa shape index (κ3) is 1.69. The number of rotatable bonds is 2. The number of benzene rings is 1. The van der Waals surface area contributed by atoms with E-state index in [2.05, 4.69) is 22.9 Å². The SMILES string of the molecule is COc1cccc2c(N3CC(C)(N)C3)nccc12. The Morgan fingerprint density at radius 3 is 2.72 bits per heavy atom. The molecule has 2 N–H and O–H groups in total. The molecule has 94 valence electrons. The van der Waals surface area contributed by atoms with E-state index in [0.29, 0.717) is 0 Å². The maximum atomic E-state index is 6.06. The summed E-state index contributed by atoms with van der Waals surface area (Å²) in [6.07, 6.45) is 1.83. The van der Waals surface area contributed by atoms with Gasteiger partial charge in [0.1, 0.15) is 11.6 Å². The number of pyridine rings is 1. The molecule has 1 aromatic carbocycles. The van der Waals surface area contributed by atoms with Gasteiger partial charge in [0, 0.05) is 35.6 Å². The van der Waals surface area contributed by atoms with Crippen molar-refractivity contribution in [3.05, 3.63) is 30.5 Å². The summed E-state index contributed by atoms with van der Waals surface area (Å²) in [5, 5.41) is 2.21. The molecule has 1 saturated heterocycles. The lowest BCUT2D eigenvalue weighted by Gasteiger charge is -2.46. The van der Waals surface area contributed by atoms with Crippen molar-refractivity contribution in [1.82, 2.24) is 4.98 Å². The van der Waals surface area contributed by atoms with Crippen LogP contribution in [0.3, 0.4) is 0 Å². The Morgan fingerprint density at radius 1 is 1.28 bits per heavy atom. The summed E-state index contributed by atoms with van der Waals surface area (Å²) in [6, 6.07) is 8.02. The first-order valence-corrected chi connectivity index (χ1v) is 6.06. The van der Waals surface area contributed by atoms with Gasteiger partial charge in [0.2, 0.25) is 0 Å². The van der Waals surface area contributed by atoms with E-state index in [1.165, 1.54) is 0 Å². The van der Waals surface area contributed by atoms with Gasteiger partial charge in [-0.05, 0) is 19.1 Å². The molecule has 1 aliphatic rings. The zero-order chi connectivity index (χ0) is 12.8. The van der Waals surface area contributed by atoms with Gasteiger partial charge < -0.3 is 15.4 Å². The predicted molar refractivity (Wildman–Crippen MR) is 73.1 cm³/mol. The molecular formula is C14H17N3O. The number of nitrogens with two attached hydrogens (primary N) is 1. The fourth-order valence-electron chi connectivity index (χ4n) is 2.57. The molecule has 4 heteroatoms. The summed E-state index contributed by atoms with van der Waals surface area (Å²) < 4.78 is 5.38. The highest BCUT2D eigenvalue weighted by molar-refractivity contribution is 5.96. The zero-order valence-corrected chi connectivity index (χ0v) is 10.7. The molecule has 1 aliphatic heterocycles. The van der Waals surface area contributed by atoms with Gasteiger partial charge in [0.25, 0.3) is 0 Å². The first kappa shape index (κ1) is 11.3. The Hall–Kier alpha value is -1.81. The lowest BCUT2D eigenvalue weighted by molar-refractivity contribution is 0.364. The van der Waals surface area contributed by atoms with Crippen molar-refractivity contribution in [2.75, 3.05) is 25.1 Å². The summed E-state index contributed by atoms with van der Waals surface area (Å²) >= 11 is 0. The zero-order valence-electron chi connectivity index (χ0n) is 10.7. The van der Waals surface area contributed by atoms with Crippen molar-refractivity contribution in [2.45, 2.75) is 12.5 Å². The summed E-state index contributed by atoms with van der Waals surface area (Å²) in [5.74, 6) is 1.88. The number of aromatic nitrogens is 1. The molecular weight excluding hydrogens is 226 g/mol. The quantitative estimate of drug-likeness (QED) is 0.873. The van der Waals surface area contributed by atoms with Crippen LogP contribution in [-0.4, -0.2) is 30.7 Å². The molecule has 0 atom stereocenters. The number of methoxy groups -OCH3 is 1. The molecule has 2 aromatic rings. The van der Waals surface area contributed by atoms with Gasteiger partial charge >= 0.3 is 0 Å². The van der Waals surface area contributed by atoms with Gasteiger partial charge in [-0.1, -0.05) is 12.1 Å². The molecule has 0 amide bonds. The number of fused-ring (bicyclic) bond motifs is 1. The van der Waals surface area contributed by atoms with Gasteiger partial charge in [-0.2, -0.15) is 0 Å². The maximum Gasteiger partial charge on any atom is 0.136 e. The summed E-state index contributed by atoms with van der Waals surface area (Å²) in [7, 11) is 1.69. The minimum absolute atomic E-state index is 0.0945. The van der Waals surface area contributed by atoms with E-state index < -0.39 is 0 Å². The second kappa shape index (κ2) is 3.85. The van der Waals surface area contributed by atoms with Gasteiger partial charge in [-0.3, -0.25) is 0 Å². The van der Waals surface area contributed by atoms with Crippen molar-refractivity contribution in [3.63, 3.8) is 0 Å². The third-order valence-corrected chi connectivity index (χ3v) is 3.37. The van der Waals surface area contributed by atoms with Crippen molar-refractivity contribution in [2.24, 2.45) is 5.73 Å². The van der Waals surface area contributed by atoms with Gasteiger partial charge in [0.05, 0.1) is 7.11 Å². The molecule has 18 heavy (non-hydrogen) atoms. The van der Waals surface area contributed by atoms with Crippen molar-refractivity contribution < 1.29 is 4.74 Å². The molecule has 0 bridgehead atoms. The standard InChI is InChI=1S/C14H17N3O/c1-14(15)8-17(9-14)13-11-4-3-5-12(18-2)10(11)6-7-16-13/h3-7H,8-9,15H2,1-2H3. The molecule has 3 rings (SSSR count). The molecule has 2 heterocycles. The average molecular weight is 243 g/mol. The molecule has 1 fully saturated rings. The van der Waals surface area contributed by atoms with E-state index in [1.54, 1.807) is 7.11 Å². The van der Waals surface area contributed by atoms with Crippen molar-refractivity contribution in [1.29, 1.82) is 0 Å². The number of nitrogens with zero attached hydrogens (tertiary/aromatic N) is 2. The van der Waals surface area contributed by atoms with Gasteiger partial charge in [-0.25, -0.2) is 4.98 Å². The summed E-state index contributed by atoms with van der Waals surface area (Å²) in [6.45, 7) is 3.75. The van der Waals surface area contributed by atoms with Crippen LogP contribution in [0, 0.1) is 0 Å². The monoisotopic (exact) mass is 243 g/mol. The topological polar surface area (TPSA) is 51.4 Å². The molecule has 0 unspecified atom stereocenters. The molecule has 0 aliphatic carbocycles. The normalized spacial score (nSPS) is 17.6. The van der Waals surface area contributed by atoms with Crippen LogP contribution in [0.2, 0.25) is 0 Å². The van der Waals surface area contributed by atoms with Crippen LogP contribution in [0.1, 0.15) is 6.92 Å². The van der Waals surface area contributed by atoms with Crippen LogP contribution in [0.15, 0.2) is 30.5 Å². The highest BCUT2D eigenvalue weighted by atomic mass is 16.5. The fourth-order valence-corrected chi connectivity index (χ4v) is 2.57. The smallest absolute Gasteiger partial charge is 0.136 e. The maximum absolute atomic E-state index is 6.06. The van der Waals surface area contributed by atoms with E-state index in [-0.39, 0.29) is 5.54 Å². The average Bonchev–Trinajstić information content (AvgIpc) is 2.34. The number of hydrogen-bond acceptors (Lipinski definition) is 4. The van der Waals surface area contributed by atoms with E-state index in [0.717, 1.165) is 35.4 Å². The second-order valence-electron chi connectivity index (χ2n) is 5.20. The molecule has 0 spiro atoms. The fraction of sp³-hybridized carbons (Fsp3) is 0.357. The van der Waals surface area contributed by atoms with Gasteiger partial charge in [0.15, 0.2) is 0 Å².